The van der Waals surface area contributed by atoms with Gasteiger partial charge in [0.1, 0.15) is 17.2 Å². The van der Waals surface area contributed by atoms with Crippen molar-refractivity contribution in [1.82, 2.24) is 27.1 Å². The first-order chi connectivity index (χ1) is 37.2. The number of rotatable bonds is 11. The molecular formula is C53H59ClN10O13. The van der Waals surface area contributed by atoms with E-state index in [9.17, 15) is 33.6 Å². The molecule has 9 rings (SSSR count). The lowest BCUT2D eigenvalue weighted by Gasteiger charge is -2.15. The summed E-state index contributed by atoms with van der Waals surface area (Å²) in [5.41, 5.74) is 19.9. The quantitative estimate of drug-likeness (QED) is 0.116. The van der Waals surface area contributed by atoms with Gasteiger partial charge in [-0.25, -0.2) is 36.7 Å². The average molecular weight is 1080 g/mol. The first kappa shape index (κ1) is 58.9. The number of esters is 2. The Labute approximate surface area is 448 Å². The predicted octanol–water partition coefficient (Wildman–Crippen LogP) is 5.49. The number of amides is 5. The van der Waals surface area contributed by atoms with Gasteiger partial charge in [-0.3, -0.25) is 24.0 Å². The van der Waals surface area contributed by atoms with Crippen molar-refractivity contribution in [3.05, 3.63) is 118 Å². The maximum atomic E-state index is 11.5. The van der Waals surface area contributed by atoms with E-state index in [0.29, 0.717) is 92.9 Å². The predicted molar refractivity (Wildman–Crippen MR) is 285 cm³/mol. The van der Waals surface area contributed by atoms with Gasteiger partial charge < -0.3 is 28.4 Å². The van der Waals surface area contributed by atoms with Crippen LogP contribution in [0.15, 0.2) is 110 Å². The normalized spacial score (nSPS) is 15.4. The molecule has 5 heterocycles. The molecule has 0 aliphatic carbocycles. The van der Waals surface area contributed by atoms with Crippen molar-refractivity contribution in [2.24, 2.45) is 25.5 Å². The van der Waals surface area contributed by atoms with E-state index in [-0.39, 0.29) is 41.2 Å². The Hall–Kier alpha value is -8.99. The third-order valence-corrected chi connectivity index (χ3v) is 11.5. The fourth-order valence-corrected chi connectivity index (χ4v) is 7.29. The molecule has 24 heteroatoms. The number of carbonyl (C=O) groups is 7. The molecule has 0 aromatic heterocycles. The van der Waals surface area contributed by atoms with E-state index in [1.54, 1.807) is 47.5 Å². The SMILES string of the molecule is CCOC(=O)c1ccc(C2=NNC(=O)CC2)cc1.COC(=O)C1=NNC(=O)CC1.COc1ccc(C2=NNC(=O)CC2)cc1OC.COc1ccc(OC)c(C2=NNC(=O)CC2)c1.O=C1CCC(c2ccc(Cl)cc2)=NN1. The highest BCUT2D eigenvalue weighted by molar-refractivity contribution is 6.37. The summed E-state index contributed by atoms with van der Waals surface area (Å²) in [6.07, 6.45) is 5.06. The number of benzene rings is 4. The highest BCUT2D eigenvalue weighted by Gasteiger charge is 2.20. The molecule has 0 atom stereocenters. The highest BCUT2D eigenvalue weighted by atomic mass is 35.5. The lowest BCUT2D eigenvalue weighted by Crippen LogP contribution is -2.30. The van der Waals surface area contributed by atoms with Crippen molar-refractivity contribution in [2.45, 2.75) is 71.1 Å². The lowest BCUT2D eigenvalue weighted by atomic mass is 10.0. The minimum absolute atomic E-state index is 0.0253. The minimum Gasteiger partial charge on any atom is -0.497 e. The van der Waals surface area contributed by atoms with E-state index in [2.05, 4.69) is 57.4 Å². The van der Waals surface area contributed by atoms with Crippen LogP contribution in [-0.4, -0.2) is 112 Å². The second kappa shape index (κ2) is 30.4. The van der Waals surface area contributed by atoms with Crippen molar-refractivity contribution in [2.75, 3.05) is 42.2 Å². The largest absolute Gasteiger partial charge is 0.497 e. The first-order valence-electron chi connectivity index (χ1n) is 24.0. The smallest absolute Gasteiger partial charge is 0.354 e. The summed E-state index contributed by atoms with van der Waals surface area (Å²) < 4.78 is 30.1. The summed E-state index contributed by atoms with van der Waals surface area (Å²) in [5, 5.41) is 20.3. The first-order valence-corrected chi connectivity index (χ1v) is 24.4. The Morgan fingerprint density at radius 1 is 0.455 bits per heavy atom. The van der Waals surface area contributed by atoms with Gasteiger partial charge >= 0.3 is 11.9 Å². The summed E-state index contributed by atoms with van der Waals surface area (Å²) >= 11 is 5.76. The molecule has 5 aliphatic heterocycles. The van der Waals surface area contributed by atoms with Crippen LogP contribution < -0.4 is 46.1 Å². The van der Waals surface area contributed by atoms with Gasteiger partial charge in [-0.05, 0) is 78.7 Å². The van der Waals surface area contributed by atoms with E-state index in [0.717, 1.165) is 56.6 Å². The van der Waals surface area contributed by atoms with Gasteiger partial charge in [0.25, 0.3) is 0 Å². The topological polar surface area (TPSA) is 297 Å². The molecule has 0 bridgehead atoms. The Morgan fingerprint density at radius 2 is 0.883 bits per heavy atom. The van der Waals surface area contributed by atoms with Gasteiger partial charge in [0, 0.05) is 80.4 Å². The molecule has 5 aliphatic rings. The van der Waals surface area contributed by atoms with E-state index in [1.165, 1.54) is 7.11 Å². The summed E-state index contributed by atoms with van der Waals surface area (Å²) in [6, 6.07) is 25.5. The Morgan fingerprint density at radius 3 is 1.30 bits per heavy atom. The van der Waals surface area contributed by atoms with Crippen molar-refractivity contribution in [1.29, 1.82) is 0 Å². The molecule has 23 nitrogen and oxygen atoms in total. The molecule has 0 saturated carbocycles. The number of halogens is 1. The zero-order chi connectivity index (χ0) is 55.7. The lowest BCUT2D eigenvalue weighted by molar-refractivity contribution is -0.133. The van der Waals surface area contributed by atoms with E-state index in [1.807, 2.05) is 72.8 Å². The van der Waals surface area contributed by atoms with Crippen LogP contribution in [0.25, 0.3) is 0 Å². The molecule has 0 fully saturated rings. The van der Waals surface area contributed by atoms with Crippen molar-refractivity contribution < 1.29 is 62.0 Å². The summed E-state index contributed by atoms with van der Waals surface area (Å²) in [7, 11) is 7.67. The Balaban J connectivity index is 0.000000179. The molecule has 4 aromatic rings. The van der Waals surface area contributed by atoms with Crippen LogP contribution in [0.5, 0.6) is 23.0 Å². The van der Waals surface area contributed by atoms with Gasteiger partial charge in [0.15, 0.2) is 11.5 Å². The molecular weight excluding hydrogens is 1020 g/mol. The molecule has 77 heavy (non-hydrogen) atoms. The number of carbonyl (C=O) groups excluding carboxylic acids is 7. The van der Waals surface area contributed by atoms with E-state index < -0.39 is 5.97 Å². The Kier molecular flexibility index (Phi) is 23.2. The van der Waals surface area contributed by atoms with Gasteiger partial charge in [-0.15, -0.1) is 0 Å². The summed E-state index contributed by atoms with van der Waals surface area (Å²) in [4.78, 5) is 76.7. The zero-order valence-corrected chi connectivity index (χ0v) is 44.0. The fourth-order valence-electron chi connectivity index (χ4n) is 7.17. The van der Waals surface area contributed by atoms with Crippen molar-refractivity contribution >= 4 is 81.6 Å². The monoisotopic (exact) mass is 1080 g/mol. The zero-order valence-electron chi connectivity index (χ0n) is 43.3. The van der Waals surface area contributed by atoms with Gasteiger partial charge in [-0.1, -0.05) is 35.9 Å². The number of hydrazone groups is 5. The van der Waals surface area contributed by atoms with Crippen LogP contribution in [-0.2, 0) is 38.2 Å². The minimum atomic E-state index is -0.481. The average Bonchev–Trinajstić information content (AvgIpc) is 3.46. The number of ether oxygens (including phenoxy) is 6. The van der Waals surface area contributed by atoms with Gasteiger partial charge in [0.05, 0.1) is 70.6 Å². The van der Waals surface area contributed by atoms with Crippen LogP contribution in [0.3, 0.4) is 0 Å². The Bertz CT molecular complexity index is 2940. The molecule has 5 amide bonds. The van der Waals surface area contributed by atoms with Gasteiger partial charge in [0.2, 0.25) is 29.5 Å². The standard InChI is InChI=1S/C13H14N2O3.2C12H14N2O3.C10H9ClN2O.C6H8N2O3/c1-2-18-13(17)10-5-3-9(4-6-10)11-7-8-12(16)15-14-11;1-16-8-3-5-11(17-2)9(7-8)10-4-6-12(15)14-13-10;1-16-10-5-3-8(7-11(10)17-2)9-4-6-12(15)14-13-9;11-8-3-1-7(2-4-8)9-5-6-10(14)13-12-9;1-11-6(10)4-2-3-5(9)8-7-4/h3-6H,2,7-8H2,1H3,(H,15,16);2*3,5,7H,4,6H2,1-2H3,(H,14,15);1-4H,5-6H2,(H,13,14);2-3H2,1H3,(H,8,9). The molecule has 5 N–H and O–H groups in total. The molecule has 406 valence electrons. The highest BCUT2D eigenvalue weighted by Crippen LogP contribution is 2.29. The maximum absolute atomic E-state index is 11.5. The van der Waals surface area contributed by atoms with Crippen molar-refractivity contribution in [3.8, 4) is 23.0 Å². The third-order valence-electron chi connectivity index (χ3n) is 11.3. The van der Waals surface area contributed by atoms with Crippen LogP contribution in [0.2, 0.25) is 5.02 Å². The van der Waals surface area contributed by atoms with Crippen LogP contribution in [0, 0.1) is 0 Å². The second-order valence-electron chi connectivity index (χ2n) is 16.4. The third kappa shape index (κ3) is 18.4. The molecule has 0 spiro atoms. The van der Waals surface area contributed by atoms with Crippen molar-refractivity contribution in [3.63, 3.8) is 0 Å². The van der Waals surface area contributed by atoms with Crippen LogP contribution in [0.4, 0.5) is 0 Å². The number of hydrogen-bond donors (Lipinski definition) is 5. The molecule has 0 saturated heterocycles. The van der Waals surface area contributed by atoms with E-state index in [4.69, 9.17) is 35.3 Å². The number of nitrogens with zero attached hydrogens (tertiary/aromatic N) is 5. The number of hydrogen-bond acceptors (Lipinski definition) is 18. The number of methoxy groups -OCH3 is 5. The second-order valence-corrected chi connectivity index (χ2v) is 16.8. The number of nitrogens with one attached hydrogen (secondary N) is 5. The van der Waals surface area contributed by atoms with Crippen LogP contribution in [0.1, 0.15) is 104 Å². The summed E-state index contributed by atoms with van der Waals surface area (Å²) in [6.45, 7) is 2.13. The molecule has 0 unspecified atom stereocenters. The van der Waals surface area contributed by atoms with Gasteiger partial charge in [-0.2, -0.15) is 25.5 Å². The maximum Gasteiger partial charge on any atom is 0.354 e. The van der Waals surface area contributed by atoms with E-state index >= 15 is 0 Å². The fraction of sp³-hybridized carbons (Fsp3) is 0.321. The summed E-state index contributed by atoms with van der Waals surface area (Å²) in [5.74, 6) is 1.61. The molecule has 0 radical (unpaired) electrons. The molecule has 4 aromatic carbocycles. The van der Waals surface area contributed by atoms with Crippen LogP contribution >= 0.6 is 11.6 Å².